The first-order chi connectivity index (χ1) is 14.4. The maximum atomic E-state index is 13.9. The second-order valence-corrected chi connectivity index (χ2v) is 8.64. The van der Waals surface area contributed by atoms with Crippen molar-refractivity contribution in [1.82, 2.24) is 15.0 Å². The van der Waals surface area contributed by atoms with E-state index in [-0.39, 0.29) is 16.4 Å². The normalized spacial score (nSPS) is 14.2. The second kappa shape index (κ2) is 8.49. The van der Waals surface area contributed by atoms with E-state index >= 15 is 0 Å². The van der Waals surface area contributed by atoms with Gasteiger partial charge in [0.25, 0.3) is 5.91 Å². The van der Waals surface area contributed by atoms with Gasteiger partial charge in [0, 0.05) is 24.2 Å². The topological polar surface area (TPSA) is 71.0 Å². The number of hydrogen-bond donors (Lipinski definition) is 1. The summed E-state index contributed by atoms with van der Waals surface area (Å²) in [6, 6.07) is 4.09. The van der Waals surface area contributed by atoms with Crippen molar-refractivity contribution in [1.29, 1.82) is 0 Å². The minimum Gasteiger partial charge on any atom is -0.343 e. The molecule has 1 aliphatic rings. The van der Waals surface area contributed by atoms with Gasteiger partial charge in [-0.1, -0.05) is 23.2 Å². The molecule has 0 unspecified atom stereocenters. The number of anilines is 2. The predicted octanol–water partition coefficient (Wildman–Crippen LogP) is 4.97. The van der Waals surface area contributed by atoms with Gasteiger partial charge in [0.15, 0.2) is 10.9 Å². The molecule has 6 nitrogen and oxygen atoms in total. The highest BCUT2D eigenvalue weighted by atomic mass is 35.5. The predicted molar refractivity (Wildman–Crippen MR) is 118 cm³/mol. The highest BCUT2D eigenvalue weighted by Gasteiger charge is 2.22. The van der Waals surface area contributed by atoms with Crippen LogP contribution < -0.4 is 10.2 Å². The van der Waals surface area contributed by atoms with E-state index < -0.39 is 11.7 Å². The molecule has 0 radical (unpaired) electrons. The van der Waals surface area contributed by atoms with Crippen LogP contribution in [0.2, 0.25) is 5.02 Å². The molecule has 1 N–H and O–H groups in total. The molecule has 1 aliphatic heterocycles. The summed E-state index contributed by atoms with van der Waals surface area (Å²) in [6.45, 7) is 5.74. The van der Waals surface area contributed by atoms with E-state index in [0.717, 1.165) is 29.4 Å². The third kappa shape index (κ3) is 4.20. The molecular formula is C21H19ClFN5OS. The van der Waals surface area contributed by atoms with Crippen LogP contribution in [-0.4, -0.2) is 33.9 Å². The lowest BCUT2D eigenvalue weighted by Crippen LogP contribution is -2.31. The van der Waals surface area contributed by atoms with Crippen LogP contribution in [0.15, 0.2) is 42.4 Å². The molecule has 9 heteroatoms. The molecule has 0 aliphatic carbocycles. The first-order valence-electron chi connectivity index (χ1n) is 9.36. The van der Waals surface area contributed by atoms with Crippen molar-refractivity contribution >= 4 is 45.4 Å². The number of thiazole rings is 1. The Morgan fingerprint density at radius 1 is 1.20 bits per heavy atom. The summed E-state index contributed by atoms with van der Waals surface area (Å²) in [5.41, 5.74) is 2.87. The van der Waals surface area contributed by atoms with Gasteiger partial charge in [0.1, 0.15) is 5.82 Å². The van der Waals surface area contributed by atoms with Crippen LogP contribution in [0.3, 0.4) is 0 Å². The van der Waals surface area contributed by atoms with Crippen molar-refractivity contribution < 1.29 is 9.18 Å². The molecule has 0 bridgehead atoms. The number of nitrogens with one attached hydrogen (secondary N) is 1. The number of benzene rings is 1. The molecule has 30 heavy (non-hydrogen) atoms. The Bertz CT molecular complexity index is 1110. The maximum Gasteiger partial charge on any atom is 0.261 e. The zero-order chi connectivity index (χ0) is 21.3. The van der Waals surface area contributed by atoms with Gasteiger partial charge in [-0.3, -0.25) is 9.78 Å². The average Bonchev–Trinajstić information content (AvgIpc) is 3.15. The zero-order valence-corrected chi connectivity index (χ0v) is 18.0. The number of rotatable bonds is 4. The molecule has 3 aromatic rings. The fourth-order valence-corrected chi connectivity index (χ4v) is 4.28. The molecule has 0 saturated heterocycles. The van der Waals surface area contributed by atoms with Crippen molar-refractivity contribution in [3.8, 4) is 0 Å². The van der Waals surface area contributed by atoms with Crippen LogP contribution in [0.4, 0.5) is 15.3 Å². The van der Waals surface area contributed by atoms with E-state index in [9.17, 15) is 9.18 Å². The van der Waals surface area contributed by atoms with Crippen molar-refractivity contribution in [2.24, 2.45) is 0 Å². The molecule has 1 amide bonds. The minimum atomic E-state index is -0.690. The van der Waals surface area contributed by atoms with Gasteiger partial charge in [0.05, 0.1) is 28.7 Å². The molecular weight excluding hydrogens is 425 g/mol. The van der Waals surface area contributed by atoms with Crippen molar-refractivity contribution in [2.75, 3.05) is 23.3 Å². The molecule has 2 aromatic heterocycles. The molecule has 0 spiro atoms. The van der Waals surface area contributed by atoms with E-state index in [1.54, 1.807) is 17.5 Å². The molecule has 0 fully saturated rings. The Balaban J connectivity index is 1.51. The number of amides is 1. The summed E-state index contributed by atoms with van der Waals surface area (Å²) < 4.78 is 13.9. The second-order valence-electron chi connectivity index (χ2n) is 7.02. The van der Waals surface area contributed by atoms with Crippen molar-refractivity contribution in [2.45, 2.75) is 20.3 Å². The first kappa shape index (κ1) is 20.4. The lowest BCUT2D eigenvalue weighted by molar-refractivity contribution is 0.102. The number of hydrogen-bond acceptors (Lipinski definition) is 6. The van der Waals surface area contributed by atoms with Crippen molar-refractivity contribution in [3.63, 3.8) is 0 Å². The third-order valence-electron chi connectivity index (χ3n) is 4.89. The summed E-state index contributed by atoms with van der Waals surface area (Å²) in [5, 5.41) is 3.58. The number of nitrogens with zero attached hydrogens (tertiary/aromatic N) is 4. The standard InChI is InChI=1S/C21H19ClFN5OS/c1-12-6-7-28(21-26-8-13(2)30-21)11-14(12)17-9-25-18(10-24-17)27-20(29)19-15(22)4-3-5-16(19)23/h3-5,8-10H,6-7,11H2,1-2H3,(H,25,27,29). The lowest BCUT2D eigenvalue weighted by Gasteiger charge is -2.29. The van der Waals surface area contributed by atoms with E-state index in [1.165, 1.54) is 34.8 Å². The molecule has 3 heterocycles. The number of aromatic nitrogens is 3. The van der Waals surface area contributed by atoms with Crippen molar-refractivity contribution in [3.05, 3.63) is 69.3 Å². The zero-order valence-electron chi connectivity index (χ0n) is 16.4. The monoisotopic (exact) mass is 443 g/mol. The van der Waals surface area contributed by atoms with Crippen LogP contribution in [0.25, 0.3) is 5.57 Å². The Morgan fingerprint density at radius 2 is 2.03 bits per heavy atom. The third-order valence-corrected chi connectivity index (χ3v) is 6.18. The largest absolute Gasteiger partial charge is 0.343 e. The van der Waals surface area contributed by atoms with E-state index in [0.29, 0.717) is 6.54 Å². The number of aryl methyl sites for hydroxylation is 1. The van der Waals surface area contributed by atoms with Crippen LogP contribution >= 0.6 is 22.9 Å². The Morgan fingerprint density at radius 3 is 2.70 bits per heavy atom. The number of carbonyl (C=O) groups excluding carboxylic acids is 1. The summed E-state index contributed by atoms with van der Waals surface area (Å²) in [7, 11) is 0. The first-order valence-corrected chi connectivity index (χ1v) is 10.6. The SMILES string of the molecule is CC1=C(c2cnc(NC(=O)c3c(F)cccc3Cl)cn2)CN(c2ncc(C)s2)CC1. The van der Waals surface area contributed by atoms with Gasteiger partial charge in [0.2, 0.25) is 0 Å². The van der Waals surface area contributed by atoms with Gasteiger partial charge in [-0.2, -0.15) is 0 Å². The van der Waals surface area contributed by atoms with Crippen LogP contribution in [0, 0.1) is 12.7 Å². The van der Waals surface area contributed by atoms with E-state index in [1.807, 2.05) is 13.1 Å². The van der Waals surface area contributed by atoms with E-state index in [2.05, 4.69) is 32.1 Å². The van der Waals surface area contributed by atoms with Gasteiger partial charge in [-0.05, 0) is 38.0 Å². The average molecular weight is 444 g/mol. The highest BCUT2D eigenvalue weighted by Crippen LogP contribution is 2.31. The smallest absolute Gasteiger partial charge is 0.261 e. The number of halogens is 2. The molecule has 0 atom stereocenters. The summed E-state index contributed by atoms with van der Waals surface area (Å²) >= 11 is 7.62. The summed E-state index contributed by atoms with van der Waals surface area (Å²) in [6.07, 6.45) is 5.88. The number of carbonyl (C=O) groups is 1. The highest BCUT2D eigenvalue weighted by molar-refractivity contribution is 7.15. The lowest BCUT2D eigenvalue weighted by atomic mass is 9.99. The Labute approximate surface area is 182 Å². The van der Waals surface area contributed by atoms with Crippen LogP contribution in [0.5, 0.6) is 0 Å². The fraction of sp³-hybridized carbons (Fsp3) is 0.238. The molecule has 4 rings (SSSR count). The van der Waals surface area contributed by atoms with Gasteiger partial charge in [-0.15, -0.1) is 11.3 Å². The maximum absolute atomic E-state index is 13.9. The molecule has 0 saturated carbocycles. The van der Waals surface area contributed by atoms with Crippen LogP contribution in [-0.2, 0) is 0 Å². The summed E-state index contributed by atoms with van der Waals surface area (Å²) in [4.78, 5) is 29.0. The van der Waals surface area contributed by atoms with Crippen LogP contribution in [0.1, 0.15) is 34.3 Å². The molecule has 154 valence electrons. The van der Waals surface area contributed by atoms with Gasteiger partial charge >= 0.3 is 0 Å². The van der Waals surface area contributed by atoms with Gasteiger partial charge < -0.3 is 10.2 Å². The quantitative estimate of drug-likeness (QED) is 0.616. The summed E-state index contributed by atoms with van der Waals surface area (Å²) in [5.74, 6) is -1.13. The van der Waals surface area contributed by atoms with Gasteiger partial charge in [-0.25, -0.2) is 14.4 Å². The van der Waals surface area contributed by atoms with E-state index in [4.69, 9.17) is 11.6 Å². The molecule has 1 aromatic carbocycles. The fourth-order valence-electron chi connectivity index (χ4n) is 3.25. The minimum absolute atomic E-state index is 0.0394. The Hall–Kier alpha value is -2.84. The Kier molecular flexibility index (Phi) is 5.78.